The number of hydrogen-bond donors (Lipinski definition) is 0. The predicted molar refractivity (Wildman–Crippen MR) is 142 cm³/mol. The summed E-state index contributed by atoms with van der Waals surface area (Å²) in [6.07, 6.45) is 4.25. The Morgan fingerprint density at radius 3 is 2.18 bits per heavy atom. The number of halogens is 3. The van der Waals surface area contributed by atoms with Crippen LogP contribution in [-0.2, 0) is 25.3 Å². The zero-order valence-corrected chi connectivity index (χ0v) is 23.9. The lowest BCUT2D eigenvalue weighted by atomic mass is 9.91. The van der Waals surface area contributed by atoms with E-state index in [1.165, 1.54) is 6.08 Å². The SMILES string of the molecule is C=CC[C@](C)(O[Si](C)(C)C(C)(C)C)[C@@H](CCCOCc1c(Cl)cc(Cl)cc1Cl)OC(=O)C=C. The van der Waals surface area contributed by atoms with Crippen molar-refractivity contribution in [1.82, 2.24) is 0 Å². The summed E-state index contributed by atoms with van der Waals surface area (Å²) >= 11 is 18.4. The third-order valence-corrected chi connectivity index (χ3v) is 11.5. The van der Waals surface area contributed by atoms with Crippen LogP contribution in [0.3, 0.4) is 0 Å². The second kappa shape index (κ2) is 12.8. The van der Waals surface area contributed by atoms with Crippen LogP contribution in [0.25, 0.3) is 0 Å². The number of carbonyl (C=O) groups excluding carboxylic acids is 1. The van der Waals surface area contributed by atoms with Crippen molar-refractivity contribution in [3.05, 3.63) is 58.1 Å². The van der Waals surface area contributed by atoms with E-state index in [4.69, 9.17) is 48.7 Å². The molecule has 0 heterocycles. The number of rotatable bonds is 13. The molecule has 33 heavy (non-hydrogen) atoms. The fraction of sp³-hybridized carbons (Fsp3) is 0.560. The highest BCUT2D eigenvalue weighted by molar-refractivity contribution is 6.74. The van der Waals surface area contributed by atoms with Crippen LogP contribution in [0.4, 0.5) is 0 Å². The van der Waals surface area contributed by atoms with Gasteiger partial charge in [0.1, 0.15) is 6.10 Å². The fourth-order valence-electron chi connectivity index (χ4n) is 3.19. The zero-order chi connectivity index (χ0) is 25.4. The largest absolute Gasteiger partial charge is 0.456 e. The summed E-state index contributed by atoms with van der Waals surface area (Å²) in [7, 11) is -2.15. The van der Waals surface area contributed by atoms with E-state index in [0.717, 1.165) is 0 Å². The minimum Gasteiger partial charge on any atom is -0.456 e. The Balaban J connectivity index is 2.91. The van der Waals surface area contributed by atoms with Crippen LogP contribution < -0.4 is 0 Å². The monoisotopic (exact) mass is 534 g/mol. The van der Waals surface area contributed by atoms with Crippen LogP contribution in [0.5, 0.6) is 0 Å². The molecule has 1 aromatic rings. The molecule has 0 aromatic heterocycles. The van der Waals surface area contributed by atoms with Crippen LogP contribution in [0, 0.1) is 0 Å². The highest BCUT2D eigenvalue weighted by Gasteiger charge is 2.46. The molecular weight excluding hydrogens is 499 g/mol. The Morgan fingerprint density at radius 1 is 1.12 bits per heavy atom. The first-order valence-electron chi connectivity index (χ1n) is 11.0. The molecule has 0 saturated carbocycles. The first-order valence-corrected chi connectivity index (χ1v) is 15.1. The van der Waals surface area contributed by atoms with Gasteiger partial charge in [-0.15, -0.1) is 6.58 Å². The van der Waals surface area contributed by atoms with Gasteiger partial charge < -0.3 is 13.9 Å². The van der Waals surface area contributed by atoms with E-state index >= 15 is 0 Å². The van der Waals surface area contributed by atoms with Gasteiger partial charge in [-0.1, -0.05) is 68.2 Å². The first kappa shape index (κ1) is 30.2. The Hall–Kier alpha value is -0.823. The van der Waals surface area contributed by atoms with Gasteiger partial charge in [0.2, 0.25) is 0 Å². The molecule has 1 aromatic carbocycles. The average molecular weight is 536 g/mol. The van der Waals surface area contributed by atoms with Crippen molar-refractivity contribution in [3.63, 3.8) is 0 Å². The van der Waals surface area contributed by atoms with Crippen molar-refractivity contribution >= 4 is 49.1 Å². The molecule has 2 atom stereocenters. The zero-order valence-electron chi connectivity index (χ0n) is 20.6. The van der Waals surface area contributed by atoms with Gasteiger partial charge in [0, 0.05) is 33.3 Å². The maximum Gasteiger partial charge on any atom is 0.330 e. The van der Waals surface area contributed by atoms with Crippen LogP contribution in [0.15, 0.2) is 37.4 Å². The molecule has 0 saturated heterocycles. The highest BCUT2D eigenvalue weighted by Crippen LogP contribution is 2.42. The molecule has 0 spiro atoms. The predicted octanol–water partition coefficient (Wildman–Crippen LogP) is 8.40. The quantitative estimate of drug-likeness (QED) is 0.0836. The van der Waals surface area contributed by atoms with Crippen LogP contribution >= 0.6 is 34.8 Å². The Morgan fingerprint density at radius 2 is 1.70 bits per heavy atom. The molecule has 0 fully saturated rings. The molecular formula is C25H37Cl3O4Si. The van der Waals surface area contributed by atoms with Gasteiger partial charge >= 0.3 is 5.97 Å². The smallest absolute Gasteiger partial charge is 0.330 e. The van der Waals surface area contributed by atoms with E-state index in [9.17, 15) is 4.79 Å². The summed E-state index contributed by atoms with van der Waals surface area (Å²) in [4.78, 5) is 12.1. The molecule has 186 valence electrons. The summed E-state index contributed by atoms with van der Waals surface area (Å²) in [5.41, 5.74) is -0.0261. The van der Waals surface area contributed by atoms with E-state index in [1.54, 1.807) is 12.1 Å². The van der Waals surface area contributed by atoms with Gasteiger partial charge in [-0.25, -0.2) is 4.79 Å². The maximum absolute atomic E-state index is 12.1. The number of hydrogen-bond acceptors (Lipinski definition) is 4. The number of ether oxygens (including phenoxy) is 2. The molecule has 8 heteroatoms. The summed E-state index contributed by atoms with van der Waals surface area (Å²) in [5.74, 6) is -0.477. The summed E-state index contributed by atoms with van der Waals surface area (Å²) < 4.78 is 18.4. The van der Waals surface area contributed by atoms with Gasteiger partial charge in [-0.2, -0.15) is 0 Å². The van der Waals surface area contributed by atoms with Gasteiger partial charge in [0.15, 0.2) is 8.32 Å². The van der Waals surface area contributed by atoms with Crippen molar-refractivity contribution in [1.29, 1.82) is 0 Å². The van der Waals surface area contributed by atoms with Gasteiger partial charge in [0.25, 0.3) is 0 Å². The Kier molecular flexibility index (Phi) is 11.7. The molecule has 0 amide bonds. The standard InChI is InChI=1S/C25H37Cl3O4Si/c1-9-13-25(6,32-33(7,8)24(3,4)5)22(31-23(29)10-2)12-11-14-30-17-19-20(27)15-18(26)16-21(19)28/h9-10,15-16,22H,1-2,11-14,17H2,3-8H3/t22-,25+/m1/s1. The van der Waals surface area contributed by atoms with Crippen LogP contribution in [0.1, 0.15) is 52.5 Å². The lowest BCUT2D eigenvalue weighted by Crippen LogP contribution is -2.54. The maximum atomic E-state index is 12.1. The lowest BCUT2D eigenvalue weighted by molar-refractivity contribution is -0.157. The third-order valence-electron chi connectivity index (χ3n) is 6.06. The average Bonchev–Trinajstić information content (AvgIpc) is 2.66. The van der Waals surface area contributed by atoms with E-state index in [-0.39, 0.29) is 11.6 Å². The topological polar surface area (TPSA) is 44.8 Å². The molecule has 0 radical (unpaired) electrons. The number of esters is 1. The Bertz CT molecular complexity index is 812. The van der Waals surface area contributed by atoms with Crippen LogP contribution in [-0.4, -0.2) is 32.6 Å². The molecule has 1 rings (SSSR count). The molecule has 0 N–H and O–H groups in total. The van der Waals surface area contributed by atoms with Crippen molar-refractivity contribution in [3.8, 4) is 0 Å². The highest BCUT2D eigenvalue weighted by atomic mass is 35.5. The van der Waals surface area contributed by atoms with Gasteiger partial charge in [-0.05, 0) is 56.5 Å². The summed E-state index contributed by atoms with van der Waals surface area (Å²) in [5, 5.41) is 1.41. The van der Waals surface area contributed by atoms with Crippen molar-refractivity contribution in [2.24, 2.45) is 0 Å². The van der Waals surface area contributed by atoms with E-state index in [1.807, 2.05) is 13.0 Å². The Labute approximate surface area is 215 Å². The normalized spacial score (nSPS) is 14.9. The van der Waals surface area contributed by atoms with Gasteiger partial charge in [0.05, 0.1) is 12.2 Å². The van der Waals surface area contributed by atoms with Crippen molar-refractivity contribution < 1.29 is 18.7 Å². The third kappa shape index (κ3) is 9.04. The second-order valence-corrected chi connectivity index (χ2v) is 15.8. The fourth-order valence-corrected chi connectivity index (χ4v) is 5.81. The minimum atomic E-state index is -2.15. The summed E-state index contributed by atoms with van der Waals surface area (Å²) in [6.45, 7) is 21.0. The van der Waals surface area contributed by atoms with Crippen LogP contribution in [0.2, 0.25) is 33.2 Å². The van der Waals surface area contributed by atoms with E-state index in [2.05, 4.69) is 47.0 Å². The van der Waals surface area contributed by atoms with Gasteiger partial charge in [-0.3, -0.25) is 0 Å². The van der Waals surface area contributed by atoms with E-state index < -0.39 is 26.0 Å². The molecule has 0 unspecified atom stereocenters. The van der Waals surface area contributed by atoms with Crippen molar-refractivity contribution in [2.45, 2.75) is 83.4 Å². The molecule has 0 bridgehead atoms. The molecule has 0 aliphatic heterocycles. The minimum absolute atomic E-state index is 0.00263. The number of carbonyl (C=O) groups is 1. The van der Waals surface area contributed by atoms with E-state index in [0.29, 0.717) is 46.5 Å². The summed E-state index contributed by atoms with van der Waals surface area (Å²) in [6, 6.07) is 3.27. The first-order chi connectivity index (χ1) is 15.2. The molecule has 4 nitrogen and oxygen atoms in total. The lowest BCUT2D eigenvalue weighted by Gasteiger charge is -2.46. The van der Waals surface area contributed by atoms with Crippen molar-refractivity contribution in [2.75, 3.05) is 6.61 Å². The molecule has 0 aliphatic rings. The number of benzene rings is 1. The molecule has 0 aliphatic carbocycles. The second-order valence-electron chi connectivity index (χ2n) is 9.84.